The number of methoxy groups -OCH3 is 1. The minimum Gasteiger partial charge on any atom is -0.489 e. The highest BCUT2D eigenvalue weighted by molar-refractivity contribution is 6.99. The lowest BCUT2D eigenvalue weighted by molar-refractivity contribution is -0.152. The number of ketones is 1. The molecule has 1 aliphatic rings. The van der Waals surface area contributed by atoms with Gasteiger partial charge in [-0.3, -0.25) is 4.79 Å². The van der Waals surface area contributed by atoms with Gasteiger partial charge < -0.3 is 32.8 Å². The van der Waals surface area contributed by atoms with E-state index in [-0.39, 0.29) is 36.2 Å². The van der Waals surface area contributed by atoms with Gasteiger partial charge in [0.25, 0.3) is 8.32 Å². The van der Waals surface area contributed by atoms with Crippen molar-refractivity contribution in [3.8, 4) is 11.5 Å². The third kappa shape index (κ3) is 11.8. The summed E-state index contributed by atoms with van der Waals surface area (Å²) in [6.45, 7) is 20.2. The van der Waals surface area contributed by atoms with Crippen molar-refractivity contribution in [3.63, 3.8) is 0 Å². The lowest BCUT2D eigenvalue weighted by atomic mass is 9.99. The molecule has 324 valence electrons. The number of carbonyl (C=O) groups excluding carboxylic acids is 2. The molecule has 4 aromatic carbocycles. The van der Waals surface area contributed by atoms with E-state index in [9.17, 15) is 9.59 Å². The van der Waals surface area contributed by atoms with Crippen LogP contribution < -0.4 is 19.8 Å². The summed E-state index contributed by atoms with van der Waals surface area (Å²) in [7, 11) is -1.34. The predicted octanol–water partition coefficient (Wildman–Crippen LogP) is 9.74. The van der Waals surface area contributed by atoms with Crippen molar-refractivity contribution >= 4 is 36.5 Å². The summed E-state index contributed by atoms with van der Waals surface area (Å²) in [5.41, 5.74) is 1.42. The maximum absolute atomic E-state index is 13.7. The van der Waals surface area contributed by atoms with Gasteiger partial charge in [0.15, 0.2) is 18.4 Å². The number of hydrogen-bond donors (Lipinski definition) is 0. The SMILES string of the molecule is C=CCOc1cc(/C=C/C[C@@H]2OC(C)(C)OC2C(/C=C\[C@@H](C)[C@@H](C)O[Si](c2ccccc2)(c2ccccc2)C(C)(C)C)OC(=O)c2ccccc2)c(C(C)=O)c(OCOC)c1. The summed E-state index contributed by atoms with van der Waals surface area (Å²) >= 11 is 0. The molecule has 10 heteroatoms. The van der Waals surface area contributed by atoms with E-state index in [1.54, 1.807) is 42.5 Å². The van der Waals surface area contributed by atoms with Crippen LogP contribution in [-0.4, -0.2) is 70.8 Å². The van der Waals surface area contributed by atoms with Gasteiger partial charge >= 0.3 is 5.97 Å². The van der Waals surface area contributed by atoms with Crippen LogP contribution in [0.3, 0.4) is 0 Å². The fourth-order valence-corrected chi connectivity index (χ4v) is 12.5. The van der Waals surface area contributed by atoms with E-state index in [0.29, 0.717) is 34.6 Å². The topological polar surface area (TPSA) is 98.8 Å². The number of ether oxygens (including phenoxy) is 6. The Morgan fingerprint density at radius 3 is 2.03 bits per heavy atom. The maximum atomic E-state index is 13.7. The molecule has 5 atom stereocenters. The summed E-state index contributed by atoms with van der Waals surface area (Å²) in [4.78, 5) is 26.7. The van der Waals surface area contributed by atoms with Gasteiger partial charge in [-0.25, -0.2) is 4.79 Å². The number of benzene rings is 4. The van der Waals surface area contributed by atoms with E-state index in [2.05, 4.69) is 95.8 Å². The number of esters is 1. The third-order valence-corrected chi connectivity index (χ3v) is 15.9. The van der Waals surface area contributed by atoms with Crippen LogP contribution in [-0.2, 0) is 23.4 Å². The van der Waals surface area contributed by atoms with Crippen LogP contribution in [0.2, 0.25) is 5.04 Å². The molecule has 1 saturated heterocycles. The first-order valence-corrected chi connectivity index (χ1v) is 22.8. The molecule has 4 aromatic rings. The monoisotopic (exact) mass is 846 g/mol. The van der Waals surface area contributed by atoms with Gasteiger partial charge in [0.2, 0.25) is 0 Å². The molecular weight excluding hydrogens is 785 g/mol. The molecule has 1 heterocycles. The summed E-state index contributed by atoms with van der Waals surface area (Å²) in [5, 5.41) is 2.20. The molecule has 9 nitrogen and oxygen atoms in total. The Bertz CT molecular complexity index is 2070. The molecule has 0 aromatic heterocycles. The van der Waals surface area contributed by atoms with Crippen LogP contribution in [0.25, 0.3) is 6.08 Å². The Balaban J connectivity index is 1.48. The second-order valence-corrected chi connectivity index (χ2v) is 21.1. The van der Waals surface area contributed by atoms with Crippen LogP contribution in [0.1, 0.15) is 88.1 Å². The minimum atomic E-state index is -2.85. The van der Waals surface area contributed by atoms with E-state index < -0.39 is 38.4 Å². The first-order chi connectivity index (χ1) is 29.1. The van der Waals surface area contributed by atoms with Crippen LogP contribution in [0.4, 0.5) is 0 Å². The van der Waals surface area contributed by atoms with Crippen molar-refractivity contribution in [1.82, 2.24) is 0 Å². The highest BCUT2D eigenvalue weighted by Crippen LogP contribution is 2.39. The van der Waals surface area contributed by atoms with Crippen molar-refractivity contribution in [3.05, 3.63) is 151 Å². The third-order valence-electron chi connectivity index (χ3n) is 10.7. The molecule has 0 spiro atoms. The van der Waals surface area contributed by atoms with Crippen LogP contribution in [0.5, 0.6) is 11.5 Å². The first kappa shape index (κ1) is 47.0. The summed E-state index contributed by atoms with van der Waals surface area (Å²) in [5.74, 6) is -0.882. The number of hydrogen-bond acceptors (Lipinski definition) is 9. The molecule has 0 saturated carbocycles. The summed E-state index contributed by atoms with van der Waals surface area (Å²) < 4.78 is 43.6. The van der Waals surface area contributed by atoms with Crippen molar-refractivity contribution in [2.75, 3.05) is 20.5 Å². The highest BCUT2D eigenvalue weighted by atomic mass is 28.4. The molecule has 0 amide bonds. The fraction of sp³-hybridized carbons (Fsp3) is 0.373. The molecule has 0 N–H and O–H groups in total. The standard InChI is InChI=1S/C51H62O9Si/c1-11-32-55-41-33-40(47(37(3)52)46(34-41)56-35-54-10)24-21-29-45-48(59-51(8,9)58-45)44(57-49(53)39-22-15-12-16-23-39)31-30-36(2)38(4)60-61(50(5,6)7,42-25-17-13-18-26-42)43-27-19-14-20-28-43/h11-28,30-31,33-34,36,38,44-45,48H,1,29,32,35H2,2-10H3/b24-21+,31-30-/t36-,38-,44?,45+,48?/m1/s1. The molecule has 0 aliphatic carbocycles. The normalized spacial score (nSPS) is 18.1. The number of carbonyl (C=O) groups is 2. The Morgan fingerprint density at radius 1 is 0.869 bits per heavy atom. The Labute approximate surface area is 363 Å². The Morgan fingerprint density at radius 2 is 1.48 bits per heavy atom. The van der Waals surface area contributed by atoms with E-state index in [1.165, 1.54) is 24.4 Å². The number of rotatable bonds is 20. The zero-order valence-electron chi connectivity index (χ0n) is 37.1. The fourth-order valence-electron chi connectivity index (χ4n) is 7.75. The van der Waals surface area contributed by atoms with Gasteiger partial charge in [-0.2, -0.15) is 0 Å². The quantitative estimate of drug-likeness (QED) is 0.0283. The highest BCUT2D eigenvalue weighted by Gasteiger charge is 2.51. The lowest BCUT2D eigenvalue weighted by Crippen LogP contribution is -2.67. The van der Waals surface area contributed by atoms with Crippen LogP contribution >= 0.6 is 0 Å². The van der Waals surface area contributed by atoms with Gasteiger partial charge in [-0.05, 0) is 85.3 Å². The lowest BCUT2D eigenvalue weighted by Gasteiger charge is -2.45. The summed E-state index contributed by atoms with van der Waals surface area (Å²) in [6.07, 6.45) is 7.49. The smallest absolute Gasteiger partial charge is 0.338 e. The van der Waals surface area contributed by atoms with Gasteiger partial charge in [-0.1, -0.05) is 137 Å². The molecule has 1 fully saturated rings. The molecule has 0 bridgehead atoms. The average molecular weight is 847 g/mol. The van der Waals surface area contributed by atoms with Crippen molar-refractivity contribution in [2.24, 2.45) is 5.92 Å². The van der Waals surface area contributed by atoms with Gasteiger partial charge in [-0.15, -0.1) is 0 Å². The first-order valence-electron chi connectivity index (χ1n) is 20.9. The van der Waals surface area contributed by atoms with Gasteiger partial charge in [0, 0.05) is 19.3 Å². The van der Waals surface area contributed by atoms with E-state index in [0.717, 1.165) is 0 Å². The largest absolute Gasteiger partial charge is 0.489 e. The maximum Gasteiger partial charge on any atom is 0.338 e. The van der Waals surface area contributed by atoms with E-state index in [4.69, 9.17) is 32.8 Å². The predicted molar refractivity (Wildman–Crippen MR) is 244 cm³/mol. The Hall–Kier alpha value is -5.10. The van der Waals surface area contributed by atoms with Crippen LogP contribution in [0.15, 0.2) is 134 Å². The van der Waals surface area contributed by atoms with Crippen molar-refractivity contribution in [1.29, 1.82) is 0 Å². The van der Waals surface area contributed by atoms with Crippen molar-refractivity contribution in [2.45, 2.75) is 97.1 Å². The Kier molecular flexibility index (Phi) is 16.3. The zero-order chi connectivity index (χ0) is 44.2. The number of Topliss-reactive ketones (excluding diaryl/α,β-unsaturated/α-hetero) is 1. The molecule has 1 aliphatic heterocycles. The zero-order valence-corrected chi connectivity index (χ0v) is 38.1. The van der Waals surface area contributed by atoms with Crippen molar-refractivity contribution < 1.29 is 42.4 Å². The average Bonchev–Trinajstić information content (AvgIpc) is 3.55. The van der Waals surface area contributed by atoms with Gasteiger partial charge in [0.1, 0.15) is 30.3 Å². The minimum absolute atomic E-state index is 0.0437. The molecule has 5 rings (SSSR count). The van der Waals surface area contributed by atoms with Crippen LogP contribution in [0, 0.1) is 5.92 Å². The van der Waals surface area contributed by atoms with E-state index >= 15 is 0 Å². The molecule has 0 radical (unpaired) electrons. The van der Waals surface area contributed by atoms with E-state index in [1.807, 2.05) is 50.3 Å². The molecular formula is C51H62O9Si. The second kappa shape index (κ2) is 21.1. The molecule has 2 unspecified atom stereocenters. The van der Waals surface area contributed by atoms with Gasteiger partial charge in [0.05, 0.1) is 17.2 Å². The summed E-state index contributed by atoms with van der Waals surface area (Å²) in [6, 6.07) is 33.5. The second-order valence-electron chi connectivity index (χ2n) is 16.8. The molecule has 61 heavy (non-hydrogen) atoms.